The Bertz CT molecular complexity index is 469. The van der Waals surface area contributed by atoms with Gasteiger partial charge in [-0.3, -0.25) is 9.59 Å². The number of nitrogens with zero attached hydrogens (tertiary/aromatic N) is 2. The molecule has 0 aromatic carbocycles. The number of amides is 1. The van der Waals surface area contributed by atoms with Crippen molar-refractivity contribution in [1.82, 2.24) is 10.1 Å². The van der Waals surface area contributed by atoms with Crippen LogP contribution in [-0.4, -0.2) is 41.6 Å². The highest BCUT2D eigenvalue weighted by Gasteiger charge is 2.30. The van der Waals surface area contributed by atoms with Gasteiger partial charge in [0.15, 0.2) is 5.69 Å². The van der Waals surface area contributed by atoms with E-state index in [1.54, 1.807) is 24.8 Å². The summed E-state index contributed by atoms with van der Waals surface area (Å²) >= 11 is 0. The second-order valence-electron chi connectivity index (χ2n) is 4.67. The Labute approximate surface area is 111 Å². The van der Waals surface area contributed by atoms with Crippen LogP contribution in [0.3, 0.4) is 0 Å². The first-order valence-electron chi connectivity index (χ1n) is 6.51. The molecule has 6 heteroatoms. The van der Waals surface area contributed by atoms with Crippen LogP contribution in [0, 0.1) is 12.8 Å². The molecule has 1 aliphatic heterocycles. The van der Waals surface area contributed by atoms with E-state index in [1.165, 1.54) is 0 Å². The van der Waals surface area contributed by atoms with Crippen molar-refractivity contribution in [2.24, 2.45) is 5.92 Å². The maximum absolute atomic E-state index is 12.2. The molecular weight excluding hydrogens is 248 g/mol. The van der Waals surface area contributed by atoms with Crippen LogP contribution >= 0.6 is 0 Å². The molecule has 1 aromatic rings. The number of carbonyl (C=O) groups is 2. The van der Waals surface area contributed by atoms with E-state index in [0.717, 1.165) is 12.8 Å². The lowest BCUT2D eigenvalue weighted by molar-refractivity contribution is -0.149. The molecule has 6 nitrogen and oxygen atoms in total. The highest BCUT2D eigenvalue weighted by atomic mass is 16.5. The van der Waals surface area contributed by atoms with Gasteiger partial charge in [-0.15, -0.1) is 0 Å². The second-order valence-corrected chi connectivity index (χ2v) is 4.67. The van der Waals surface area contributed by atoms with E-state index in [-0.39, 0.29) is 17.8 Å². The summed E-state index contributed by atoms with van der Waals surface area (Å²) in [6.07, 6.45) is 1.56. The van der Waals surface area contributed by atoms with E-state index in [0.29, 0.717) is 31.2 Å². The molecule has 1 saturated heterocycles. The van der Waals surface area contributed by atoms with Crippen molar-refractivity contribution in [3.05, 3.63) is 17.5 Å². The molecule has 0 radical (unpaired) electrons. The Kier molecular flexibility index (Phi) is 4.19. The number of hydrogen-bond donors (Lipinski definition) is 0. The summed E-state index contributed by atoms with van der Waals surface area (Å²) in [4.78, 5) is 25.5. The van der Waals surface area contributed by atoms with E-state index in [4.69, 9.17) is 9.26 Å². The van der Waals surface area contributed by atoms with Crippen molar-refractivity contribution in [2.45, 2.75) is 26.7 Å². The largest absolute Gasteiger partial charge is 0.466 e. The van der Waals surface area contributed by atoms with Crippen molar-refractivity contribution < 1.29 is 18.8 Å². The Morgan fingerprint density at radius 3 is 3.00 bits per heavy atom. The van der Waals surface area contributed by atoms with Gasteiger partial charge in [0.05, 0.1) is 12.5 Å². The van der Waals surface area contributed by atoms with Gasteiger partial charge >= 0.3 is 5.97 Å². The van der Waals surface area contributed by atoms with Gasteiger partial charge < -0.3 is 14.2 Å². The number of hydrogen-bond acceptors (Lipinski definition) is 5. The van der Waals surface area contributed by atoms with Crippen LogP contribution in [0.2, 0.25) is 0 Å². The first-order chi connectivity index (χ1) is 9.11. The average molecular weight is 266 g/mol. The normalized spacial score (nSPS) is 19.3. The zero-order valence-electron chi connectivity index (χ0n) is 11.2. The summed E-state index contributed by atoms with van der Waals surface area (Å²) in [5, 5.41) is 3.71. The fraction of sp³-hybridized carbons (Fsp3) is 0.615. The number of piperidine rings is 1. The third kappa shape index (κ3) is 3.13. The Morgan fingerprint density at radius 1 is 1.58 bits per heavy atom. The number of esters is 1. The fourth-order valence-electron chi connectivity index (χ4n) is 2.24. The molecule has 0 unspecified atom stereocenters. The van der Waals surface area contributed by atoms with Crippen molar-refractivity contribution in [3.8, 4) is 0 Å². The van der Waals surface area contributed by atoms with E-state index in [9.17, 15) is 9.59 Å². The molecule has 2 rings (SSSR count). The quantitative estimate of drug-likeness (QED) is 0.773. The summed E-state index contributed by atoms with van der Waals surface area (Å²) in [5.41, 5.74) is 0.294. The summed E-state index contributed by atoms with van der Waals surface area (Å²) in [6.45, 7) is 4.92. The van der Waals surface area contributed by atoms with Crippen LogP contribution in [0.4, 0.5) is 0 Å². The lowest BCUT2D eigenvalue weighted by Crippen LogP contribution is -2.42. The second kappa shape index (κ2) is 5.86. The van der Waals surface area contributed by atoms with Crippen LogP contribution in [0.5, 0.6) is 0 Å². The molecular formula is C13H18N2O4. The van der Waals surface area contributed by atoms with Crippen LogP contribution < -0.4 is 0 Å². The molecule has 1 aromatic heterocycles. The van der Waals surface area contributed by atoms with Crippen molar-refractivity contribution >= 4 is 11.9 Å². The van der Waals surface area contributed by atoms with E-state index in [1.807, 2.05) is 0 Å². The molecule has 0 saturated carbocycles. The van der Waals surface area contributed by atoms with Gasteiger partial charge in [-0.05, 0) is 26.7 Å². The Morgan fingerprint density at radius 2 is 2.37 bits per heavy atom. The van der Waals surface area contributed by atoms with Gasteiger partial charge in [0.2, 0.25) is 0 Å². The Balaban J connectivity index is 2.01. The summed E-state index contributed by atoms with van der Waals surface area (Å²) in [5.74, 6) is -0.0462. The van der Waals surface area contributed by atoms with E-state index >= 15 is 0 Å². The fourth-order valence-corrected chi connectivity index (χ4v) is 2.24. The van der Waals surface area contributed by atoms with Crippen LogP contribution in [-0.2, 0) is 9.53 Å². The molecule has 0 bridgehead atoms. The summed E-state index contributed by atoms with van der Waals surface area (Å²) in [7, 11) is 0. The molecule has 0 aliphatic carbocycles. The van der Waals surface area contributed by atoms with Gasteiger partial charge in [0.25, 0.3) is 5.91 Å². The predicted octanol–water partition coefficient (Wildman–Crippen LogP) is 1.40. The minimum Gasteiger partial charge on any atom is -0.466 e. The maximum Gasteiger partial charge on any atom is 0.310 e. The predicted molar refractivity (Wildman–Crippen MR) is 66.5 cm³/mol. The molecule has 1 amide bonds. The van der Waals surface area contributed by atoms with Gasteiger partial charge in [-0.1, -0.05) is 5.16 Å². The number of aryl methyl sites for hydroxylation is 1. The molecule has 1 atom stereocenters. The van der Waals surface area contributed by atoms with Crippen molar-refractivity contribution in [1.29, 1.82) is 0 Å². The monoisotopic (exact) mass is 266 g/mol. The minimum atomic E-state index is -0.231. The smallest absolute Gasteiger partial charge is 0.310 e. The third-order valence-corrected chi connectivity index (χ3v) is 3.18. The summed E-state index contributed by atoms with van der Waals surface area (Å²) in [6, 6.07) is 1.61. The van der Waals surface area contributed by atoms with E-state index in [2.05, 4.69) is 5.16 Å². The number of aromatic nitrogens is 1. The lowest BCUT2D eigenvalue weighted by Gasteiger charge is -2.30. The molecule has 19 heavy (non-hydrogen) atoms. The molecule has 1 fully saturated rings. The number of carbonyl (C=O) groups excluding carboxylic acids is 2. The third-order valence-electron chi connectivity index (χ3n) is 3.18. The number of rotatable bonds is 3. The standard InChI is InChI=1S/C13H18N2O4/c1-3-18-13(17)10-5-4-6-15(8-10)12(16)11-7-9(2)19-14-11/h7,10H,3-6,8H2,1-2H3/t10-/m1/s1. The Hall–Kier alpha value is -1.85. The first-order valence-corrected chi connectivity index (χ1v) is 6.51. The van der Waals surface area contributed by atoms with Gasteiger partial charge in [0, 0.05) is 19.2 Å². The van der Waals surface area contributed by atoms with Crippen LogP contribution in [0.25, 0.3) is 0 Å². The molecule has 0 N–H and O–H groups in total. The SMILES string of the molecule is CCOC(=O)[C@@H]1CCCN(C(=O)c2cc(C)on2)C1. The van der Waals surface area contributed by atoms with Gasteiger partial charge in [-0.25, -0.2) is 0 Å². The van der Waals surface area contributed by atoms with Crippen molar-refractivity contribution in [3.63, 3.8) is 0 Å². The topological polar surface area (TPSA) is 72.6 Å². The van der Waals surface area contributed by atoms with E-state index < -0.39 is 0 Å². The zero-order valence-corrected chi connectivity index (χ0v) is 11.2. The zero-order chi connectivity index (χ0) is 13.8. The molecule has 0 spiro atoms. The first kappa shape index (κ1) is 13.6. The highest BCUT2D eigenvalue weighted by molar-refractivity contribution is 5.92. The molecule has 1 aliphatic rings. The lowest BCUT2D eigenvalue weighted by atomic mass is 9.98. The number of likely N-dealkylation sites (tertiary alicyclic amines) is 1. The summed E-state index contributed by atoms with van der Waals surface area (Å²) < 4.78 is 9.91. The van der Waals surface area contributed by atoms with Crippen LogP contribution in [0.1, 0.15) is 36.0 Å². The van der Waals surface area contributed by atoms with Gasteiger partial charge in [-0.2, -0.15) is 0 Å². The van der Waals surface area contributed by atoms with Crippen molar-refractivity contribution in [2.75, 3.05) is 19.7 Å². The molecule has 2 heterocycles. The maximum atomic E-state index is 12.2. The molecule has 104 valence electrons. The van der Waals surface area contributed by atoms with Gasteiger partial charge in [0.1, 0.15) is 5.76 Å². The number of ether oxygens (including phenoxy) is 1. The highest BCUT2D eigenvalue weighted by Crippen LogP contribution is 2.19. The van der Waals surface area contributed by atoms with Crippen LogP contribution in [0.15, 0.2) is 10.6 Å². The minimum absolute atomic E-state index is 0.189. The average Bonchev–Trinajstić information content (AvgIpc) is 2.85.